The van der Waals surface area contributed by atoms with Crippen molar-refractivity contribution in [1.82, 2.24) is 0 Å². The molecule has 1 radical (unpaired) electrons. The fourth-order valence-corrected chi connectivity index (χ4v) is 3.26. The number of fused-ring (bicyclic) bond motifs is 1. The van der Waals surface area contributed by atoms with Gasteiger partial charge in [-0.25, -0.2) is 0 Å². The quantitative estimate of drug-likeness (QED) is 0.637. The molecule has 12 heavy (non-hydrogen) atoms. The SMILES string of the molecule is S=C1C=C2SCCC2C(=S)[N-]1.[Y]. The van der Waals surface area contributed by atoms with Gasteiger partial charge in [0.05, 0.1) is 0 Å². The van der Waals surface area contributed by atoms with E-state index >= 15 is 0 Å². The van der Waals surface area contributed by atoms with Crippen LogP contribution in [0.15, 0.2) is 11.0 Å². The molecule has 2 aliphatic rings. The van der Waals surface area contributed by atoms with E-state index in [4.69, 9.17) is 24.4 Å². The molecule has 2 rings (SSSR count). The first-order chi connectivity index (χ1) is 5.27. The van der Waals surface area contributed by atoms with Gasteiger partial charge >= 0.3 is 0 Å². The fourth-order valence-electron chi connectivity index (χ4n) is 1.27. The molecule has 61 valence electrons. The number of rotatable bonds is 0. The Bertz CT molecular complexity index is 261. The van der Waals surface area contributed by atoms with E-state index in [0.29, 0.717) is 10.9 Å². The molecule has 1 saturated heterocycles. The second-order valence-electron chi connectivity index (χ2n) is 2.52. The van der Waals surface area contributed by atoms with Gasteiger partial charge in [0.15, 0.2) is 0 Å². The summed E-state index contributed by atoms with van der Waals surface area (Å²) in [6, 6.07) is 0. The molecule has 1 atom stereocenters. The molecule has 2 heterocycles. The van der Waals surface area contributed by atoms with Crippen molar-refractivity contribution >= 4 is 46.2 Å². The summed E-state index contributed by atoms with van der Waals surface area (Å²) < 4.78 is 0. The maximum atomic E-state index is 5.11. The summed E-state index contributed by atoms with van der Waals surface area (Å²) in [6.07, 6.45) is 3.12. The summed E-state index contributed by atoms with van der Waals surface area (Å²) in [5.74, 6) is 1.58. The third kappa shape index (κ3) is 2.15. The van der Waals surface area contributed by atoms with E-state index in [9.17, 15) is 0 Å². The van der Waals surface area contributed by atoms with E-state index in [1.54, 1.807) is 0 Å². The minimum absolute atomic E-state index is 0. The van der Waals surface area contributed by atoms with Gasteiger partial charge in [0.2, 0.25) is 0 Å². The molecule has 1 fully saturated rings. The topological polar surface area (TPSA) is 14.1 Å². The Morgan fingerprint density at radius 3 is 3.00 bits per heavy atom. The number of thioether (sulfide) groups is 1. The number of thiocarbonyl (C=S) groups is 2. The van der Waals surface area contributed by atoms with Gasteiger partial charge in [-0.05, 0) is 17.1 Å². The first-order valence-electron chi connectivity index (χ1n) is 3.41. The zero-order chi connectivity index (χ0) is 7.84. The molecule has 0 saturated carbocycles. The van der Waals surface area contributed by atoms with Crippen LogP contribution < -0.4 is 0 Å². The van der Waals surface area contributed by atoms with Crippen LogP contribution in [0.25, 0.3) is 5.32 Å². The van der Waals surface area contributed by atoms with Gasteiger partial charge in [-0.2, -0.15) is 0 Å². The predicted octanol–water partition coefficient (Wildman–Crippen LogP) is 2.66. The molecule has 0 aromatic carbocycles. The van der Waals surface area contributed by atoms with Crippen molar-refractivity contribution in [1.29, 1.82) is 0 Å². The fraction of sp³-hybridized carbons (Fsp3) is 0.429. The molecule has 1 unspecified atom stereocenters. The molecule has 0 aromatic heterocycles. The maximum Gasteiger partial charge on any atom is 0.00521 e. The maximum absolute atomic E-state index is 5.11. The van der Waals surface area contributed by atoms with Crippen LogP contribution in [0.3, 0.4) is 0 Å². The van der Waals surface area contributed by atoms with Crippen LogP contribution in [-0.4, -0.2) is 15.7 Å². The molecule has 1 nitrogen and oxygen atoms in total. The van der Waals surface area contributed by atoms with Crippen molar-refractivity contribution in [2.75, 3.05) is 5.75 Å². The summed E-state index contributed by atoms with van der Waals surface area (Å²) in [7, 11) is 0. The van der Waals surface area contributed by atoms with Crippen molar-refractivity contribution in [3.63, 3.8) is 0 Å². The summed E-state index contributed by atoms with van der Waals surface area (Å²) in [5, 5.41) is 4.10. The molecule has 0 N–H and O–H groups in total. The minimum Gasteiger partial charge on any atom is -0.642 e. The van der Waals surface area contributed by atoms with Crippen molar-refractivity contribution in [2.45, 2.75) is 6.42 Å². The molecule has 0 aromatic rings. The molecule has 0 amide bonds. The summed E-state index contributed by atoms with van der Waals surface area (Å²) in [4.78, 5) is 2.77. The monoisotopic (exact) mass is 289 g/mol. The van der Waals surface area contributed by atoms with E-state index in [-0.39, 0.29) is 32.7 Å². The van der Waals surface area contributed by atoms with E-state index in [2.05, 4.69) is 5.32 Å². The number of hydrogen-bond donors (Lipinski definition) is 0. The molecule has 0 spiro atoms. The number of nitrogens with zero attached hydrogens (tertiary/aromatic N) is 1. The third-order valence-corrected chi connectivity index (χ3v) is 3.56. The smallest absolute Gasteiger partial charge is 0.00521 e. The normalized spacial score (nSPS) is 27.0. The first kappa shape index (κ1) is 11.2. The van der Waals surface area contributed by atoms with Crippen molar-refractivity contribution < 1.29 is 32.7 Å². The van der Waals surface area contributed by atoms with Gasteiger partial charge in [-0.3, -0.25) is 0 Å². The van der Waals surface area contributed by atoms with Crippen molar-refractivity contribution in [2.24, 2.45) is 5.92 Å². The molecule has 5 heteroatoms. The summed E-state index contributed by atoms with van der Waals surface area (Å²) >= 11 is 11.9. The van der Waals surface area contributed by atoms with Gasteiger partial charge < -0.3 is 5.32 Å². The minimum atomic E-state index is 0. The van der Waals surface area contributed by atoms with Gasteiger partial charge in [0.1, 0.15) is 0 Å². The Kier molecular flexibility index (Phi) is 4.31. The van der Waals surface area contributed by atoms with Gasteiger partial charge in [0, 0.05) is 38.6 Å². The van der Waals surface area contributed by atoms with E-state index in [1.807, 2.05) is 17.8 Å². The van der Waals surface area contributed by atoms with E-state index in [0.717, 1.165) is 17.2 Å². The summed E-state index contributed by atoms with van der Waals surface area (Å²) in [5.41, 5.74) is 0. The van der Waals surface area contributed by atoms with Crippen LogP contribution in [0.5, 0.6) is 0 Å². The average Bonchev–Trinajstić information content (AvgIpc) is 2.34. The van der Waals surface area contributed by atoms with Crippen LogP contribution in [-0.2, 0) is 32.7 Å². The molecular weight excluding hydrogens is 283 g/mol. The average molecular weight is 289 g/mol. The second kappa shape index (κ2) is 4.60. The van der Waals surface area contributed by atoms with Crippen LogP contribution in [0, 0.1) is 5.92 Å². The van der Waals surface area contributed by atoms with E-state index in [1.165, 1.54) is 4.91 Å². The van der Waals surface area contributed by atoms with Crippen molar-refractivity contribution in [3.05, 3.63) is 16.3 Å². The Balaban J connectivity index is 0.000000720. The largest absolute Gasteiger partial charge is 0.642 e. The third-order valence-electron chi connectivity index (χ3n) is 1.80. The van der Waals surface area contributed by atoms with Crippen LogP contribution in [0.1, 0.15) is 6.42 Å². The second-order valence-corrected chi connectivity index (χ2v) is 4.53. The molecular formula is C7H6NS3Y-. The Morgan fingerprint density at radius 2 is 2.25 bits per heavy atom. The van der Waals surface area contributed by atoms with Crippen LogP contribution in [0.4, 0.5) is 0 Å². The Labute approximate surface area is 112 Å². The molecule has 0 aliphatic carbocycles. The first-order valence-corrected chi connectivity index (χ1v) is 5.21. The van der Waals surface area contributed by atoms with Crippen molar-refractivity contribution in [3.8, 4) is 0 Å². The summed E-state index contributed by atoms with van der Waals surface area (Å²) in [6.45, 7) is 0. The van der Waals surface area contributed by atoms with Crippen LogP contribution in [0.2, 0.25) is 0 Å². The zero-order valence-corrected chi connectivity index (χ0v) is 11.6. The Morgan fingerprint density at radius 1 is 1.50 bits per heavy atom. The molecule has 2 aliphatic heterocycles. The van der Waals surface area contributed by atoms with Gasteiger partial charge in [0.25, 0.3) is 0 Å². The van der Waals surface area contributed by atoms with E-state index < -0.39 is 0 Å². The standard InChI is InChI=1S/C7H7NS3.Y/c9-6-3-5-4(1-2-11-5)7(10)8-6;/h3-4H,1-2H2,(H,8,9,10);/p-1. The predicted molar refractivity (Wildman–Crippen MR) is 57.2 cm³/mol. The molecule has 0 bridgehead atoms. The van der Waals surface area contributed by atoms with Crippen LogP contribution >= 0.6 is 36.2 Å². The zero-order valence-electron chi connectivity index (χ0n) is 6.32. The Hall–Kier alpha value is 1.17. The number of hydrogen-bond acceptors (Lipinski definition) is 3. The van der Waals surface area contributed by atoms with Gasteiger partial charge in [-0.1, -0.05) is 16.1 Å². The van der Waals surface area contributed by atoms with Gasteiger partial charge in [-0.15, -0.1) is 36.2 Å².